The second-order valence-electron chi connectivity index (χ2n) is 6.21. The van der Waals surface area contributed by atoms with Crippen molar-refractivity contribution in [1.82, 2.24) is 9.88 Å². The Balaban J connectivity index is 1.77. The molecule has 2 N–H and O–H groups in total. The highest BCUT2D eigenvalue weighted by Gasteiger charge is 2.26. The molecule has 1 aromatic heterocycles. The Kier molecular flexibility index (Phi) is 4.30. The summed E-state index contributed by atoms with van der Waals surface area (Å²) in [5.41, 5.74) is 0.711. The summed E-state index contributed by atoms with van der Waals surface area (Å²) in [6.07, 6.45) is 6.15. The number of aliphatic hydroxyl groups excluding tert-OH is 1. The van der Waals surface area contributed by atoms with Crippen molar-refractivity contribution in [3.05, 3.63) is 24.0 Å². The molecule has 1 amide bonds. The summed E-state index contributed by atoms with van der Waals surface area (Å²) < 4.78 is 2.08. The van der Waals surface area contributed by atoms with Crippen molar-refractivity contribution in [1.29, 1.82) is 0 Å². The van der Waals surface area contributed by atoms with Gasteiger partial charge < -0.3 is 15.0 Å². The van der Waals surface area contributed by atoms with E-state index < -0.39 is 0 Å². The van der Waals surface area contributed by atoms with Crippen LogP contribution in [-0.4, -0.2) is 28.7 Å². The molecule has 0 aliphatic heterocycles. The average Bonchev–Trinajstić information content (AvgIpc) is 3.12. The molecule has 0 radical (unpaired) electrons. The van der Waals surface area contributed by atoms with E-state index in [1.54, 1.807) is 0 Å². The molecular weight excluding hydrogens is 240 g/mol. The molecule has 1 fully saturated rings. The summed E-state index contributed by atoms with van der Waals surface area (Å²) in [5.74, 6) is 0.0127. The molecule has 1 aromatic rings. The Morgan fingerprint density at radius 3 is 2.89 bits per heavy atom. The minimum absolute atomic E-state index is 0.0127. The van der Waals surface area contributed by atoms with Gasteiger partial charge in [0.05, 0.1) is 0 Å². The van der Waals surface area contributed by atoms with Gasteiger partial charge in [0.25, 0.3) is 5.91 Å². The first kappa shape index (κ1) is 14.1. The first-order chi connectivity index (χ1) is 9.03. The highest BCUT2D eigenvalue weighted by atomic mass is 16.3. The Hall–Kier alpha value is -1.29. The predicted octanol–water partition coefficient (Wildman–Crippen LogP) is 2.35. The number of aliphatic hydroxyl groups is 1. The van der Waals surface area contributed by atoms with Gasteiger partial charge in [0.2, 0.25) is 0 Å². The van der Waals surface area contributed by atoms with E-state index in [0.29, 0.717) is 12.6 Å². The largest absolute Gasteiger partial charge is 0.396 e. The van der Waals surface area contributed by atoms with Crippen LogP contribution in [-0.2, 0) is 0 Å². The third kappa shape index (κ3) is 3.83. The van der Waals surface area contributed by atoms with Gasteiger partial charge in [0.1, 0.15) is 5.69 Å². The molecule has 0 unspecified atom stereocenters. The maximum absolute atomic E-state index is 12.1. The number of hydrogen-bond acceptors (Lipinski definition) is 2. The van der Waals surface area contributed by atoms with Gasteiger partial charge in [-0.15, -0.1) is 0 Å². The number of carbonyl (C=O) groups is 1. The molecular formula is C15H24N2O2. The monoisotopic (exact) mass is 264 g/mol. The fourth-order valence-electron chi connectivity index (χ4n) is 2.20. The molecule has 106 valence electrons. The fraction of sp³-hybridized carbons (Fsp3) is 0.667. The minimum Gasteiger partial charge on any atom is -0.396 e. The molecule has 0 atom stereocenters. The van der Waals surface area contributed by atoms with Crippen molar-refractivity contribution in [2.75, 3.05) is 13.2 Å². The van der Waals surface area contributed by atoms with E-state index in [4.69, 9.17) is 5.11 Å². The van der Waals surface area contributed by atoms with E-state index >= 15 is 0 Å². The van der Waals surface area contributed by atoms with Gasteiger partial charge in [-0.05, 0) is 43.2 Å². The number of hydrogen-bond donors (Lipinski definition) is 2. The van der Waals surface area contributed by atoms with E-state index in [0.717, 1.165) is 18.5 Å². The summed E-state index contributed by atoms with van der Waals surface area (Å²) in [7, 11) is 0. The Morgan fingerprint density at radius 2 is 2.26 bits per heavy atom. The lowest BCUT2D eigenvalue weighted by Gasteiger charge is -2.21. The third-order valence-corrected chi connectivity index (χ3v) is 3.70. The number of nitrogens with one attached hydrogen (secondary N) is 1. The van der Waals surface area contributed by atoms with E-state index in [2.05, 4.69) is 9.88 Å². The zero-order valence-corrected chi connectivity index (χ0v) is 11.9. The lowest BCUT2D eigenvalue weighted by atomic mass is 9.89. The number of amides is 1. The van der Waals surface area contributed by atoms with Crippen LogP contribution in [0.3, 0.4) is 0 Å². The summed E-state index contributed by atoms with van der Waals surface area (Å²) >= 11 is 0. The van der Waals surface area contributed by atoms with Crippen molar-refractivity contribution in [2.45, 2.75) is 45.6 Å². The Labute approximate surface area is 114 Å². The van der Waals surface area contributed by atoms with Gasteiger partial charge in [-0.1, -0.05) is 13.8 Å². The summed E-state index contributed by atoms with van der Waals surface area (Å²) in [5, 5.41) is 12.1. The van der Waals surface area contributed by atoms with Crippen molar-refractivity contribution in [3.63, 3.8) is 0 Å². The molecule has 1 aliphatic carbocycles. The SMILES string of the molecule is CC(C)(CO)CCCNC(=O)c1cccn1C1CC1. The van der Waals surface area contributed by atoms with Crippen molar-refractivity contribution in [2.24, 2.45) is 5.41 Å². The van der Waals surface area contributed by atoms with Gasteiger partial charge in [0, 0.05) is 25.4 Å². The maximum Gasteiger partial charge on any atom is 0.267 e. The van der Waals surface area contributed by atoms with E-state index in [1.165, 1.54) is 12.8 Å². The number of carbonyl (C=O) groups excluding carboxylic acids is 1. The molecule has 4 heteroatoms. The summed E-state index contributed by atoms with van der Waals surface area (Å²) in [4.78, 5) is 12.1. The lowest BCUT2D eigenvalue weighted by molar-refractivity contribution is 0.0939. The van der Waals surface area contributed by atoms with Crippen LogP contribution in [0.4, 0.5) is 0 Å². The molecule has 4 nitrogen and oxygen atoms in total. The van der Waals surface area contributed by atoms with Gasteiger partial charge >= 0.3 is 0 Å². The second kappa shape index (κ2) is 5.78. The Bertz CT molecular complexity index is 433. The molecule has 1 saturated carbocycles. The lowest BCUT2D eigenvalue weighted by Crippen LogP contribution is -2.28. The van der Waals surface area contributed by atoms with Crippen LogP contribution in [0.25, 0.3) is 0 Å². The van der Waals surface area contributed by atoms with Gasteiger partial charge in [-0.2, -0.15) is 0 Å². The van der Waals surface area contributed by atoms with E-state index in [1.807, 2.05) is 32.2 Å². The maximum atomic E-state index is 12.1. The average molecular weight is 264 g/mol. The van der Waals surface area contributed by atoms with Crippen LogP contribution in [0.5, 0.6) is 0 Å². The molecule has 19 heavy (non-hydrogen) atoms. The zero-order valence-electron chi connectivity index (χ0n) is 11.9. The van der Waals surface area contributed by atoms with Crippen molar-refractivity contribution >= 4 is 5.91 Å². The van der Waals surface area contributed by atoms with Crippen LogP contribution in [0.15, 0.2) is 18.3 Å². The normalized spacial score (nSPS) is 15.5. The van der Waals surface area contributed by atoms with Crippen molar-refractivity contribution < 1.29 is 9.90 Å². The molecule has 1 aliphatic rings. The van der Waals surface area contributed by atoms with Gasteiger partial charge in [0.15, 0.2) is 0 Å². The van der Waals surface area contributed by atoms with Crippen LogP contribution in [0.1, 0.15) is 56.1 Å². The van der Waals surface area contributed by atoms with Gasteiger partial charge in [-0.3, -0.25) is 4.79 Å². The minimum atomic E-state index is -0.0566. The molecule has 0 spiro atoms. The number of rotatable bonds is 7. The first-order valence-electron chi connectivity index (χ1n) is 7.09. The zero-order chi connectivity index (χ0) is 13.9. The second-order valence-corrected chi connectivity index (χ2v) is 6.21. The number of nitrogens with zero attached hydrogens (tertiary/aromatic N) is 1. The van der Waals surface area contributed by atoms with Crippen LogP contribution in [0.2, 0.25) is 0 Å². The van der Waals surface area contributed by atoms with Crippen LogP contribution in [0, 0.1) is 5.41 Å². The first-order valence-corrected chi connectivity index (χ1v) is 7.09. The summed E-state index contributed by atoms with van der Waals surface area (Å²) in [6.45, 7) is 4.92. The fourth-order valence-corrected chi connectivity index (χ4v) is 2.20. The standard InChI is InChI=1S/C15H24N2O2/c1-15(2,11-18)8-4-9-16-14(19)13-5-3-10-17(13)12-6-7-12/h3,5,10,12,18H,4,6-9,11H2,1-2H3,(H,16,19). The topological polar surface area (TPSA) is 54.3 Å². The summed E-state index contributed by atoms with van der Waals surface area (Å²) in [6, 6.07) is 4.34. The smallest absolute Gasteiger partial charge is 0.267 e. The van der Waals surface area contributed by atoms with Gasteiger partial charge in [-0.25, -0.2) is 0 Å². The quantitative estimate of drug-likeness (QED) is 0.743. The molecule has 1 heterocycles. The molecule has 0 aromatic carbocycles. The highest BCUT2D eigenvalue weighted by molar-refractivity contribution is 5.92. The van der Waals surface area contributed by atoms with E-state index in [-0.39, 0.29) is 17.9 Å². The third-order valence-electron chi connectivity index (χ3n) is 3.70. The molecule has 2 rings (SSSR count). The molecule has 0 saturated heterocycles. The highest BCUT2D eigenvalue weighted by Crippen LogP contribution is 2.35. The van der Waals surface area contributed by atoms with Crippen molar-refractivity contribution in [3.8, 4) is 0 Å². The Morgan fingerprint density at radius 1 is 1.53 bits per heavy atom. The molecule has 0 bridgehead atoms. The number of aromatic nitrogens is 1. The van der Waals surface area contributed by atoms with Crippen LogP contribution < -0.4 is 5.32 Å². The van der Waals surface area contributed by atoms with E-state index in [9.17, 15) is 4.79 Å². The van der Waals surface area contributed by atoms with Crippen LogP contribution >= 0.6 is 0 Å². The predicted molar refractivity (Wildman–Crippen MR) is 75.1 cm³/mol.